The molecule has 1 rings (SSSR count). The van der Waals surface area contributed by atoms with Crippen LogP contribution >= 0.6 is 0 Å². The summed E-state index contributed by atoms with van der Waals surface area (Å²) in [6, 6.07) is 10.4. The average molecular weight is 235 g/mol. The van der Waals surface area contributed by atoms with Crippen LogP contribution in [0.2, 0.25) is 0 Å². The molecule has 17 heavy (non-hydrogen) atoms. The molecule has 1 atom stereocenters. The Bertz CT molecular complexity index is 280. The van der Waals surface area contributed by atoms with Gasteiger partial charge in [-0.15, -0.1) is 0 Å². The predicted molar refractivity (Wildman–Crippen MR) is 73.0 cm³/mol. The van der Waals surface area contributed by atoms with Crippen LogP contribution in [0.15, 0.2) is 30.3 Å². The summed E-state index contributed by atoms with van der Waals surface area (Å²) in [4.78, 5) is 0. The maximum atomic E-state index is 10.0. The Kier molecular flexibility index (Phi) is 6.90. The Hall–Kier alpha value is -0.860. The molecule has 0 amide bonds. The molecule has 0 aliphatic carbocycles. The van der Waals surface area contributed by atoms with Crippen molar-refractivity contribution in [2.75, 3.05) is 6.54 Å². The van der Waals surface area contributed by atoms with E-state index in [4.69, 9.17) is 0 Å². The standard InChI is InChI=1S/C15H25NO/c1-3-8-14(9-4-2)16-12-15(17)13-10-6-5-7-11-13/h5-7,10-11,14-17H,3-4,8-9,12H2,1-2H3. The molecule has 0 aliphatic heterocycles. The highest BCUT2D eigenvalue weighted by atomic mass is 16.3. The van der Waals surface area contributed by atoms with Gasteiger partial charge in [0.1, 0.15) is 0 Å². The fourth-order valence-corrected chi connectivity index (χ4v) is 2.12. The van der Waals surface area contributed by atoms with Crippen molar-refractivity contribution in [3.05, 3.63) is 35.9 Å². The van der Waals surface area contributed by atoms with Gasteiger partial charge in [-0.2, -0.15) is 0 Å². The number of rotatable bonds is 8. The van der Waals surface area contributed by atoms with Crippen LogP contribution in [-0.4, -0.2) is 17.7 Å². The second-order valence-electron chi connectivity index (χ2n) is 4.61. The number of aliphatic hydroxyl groups is 1. The summed E-state index contributed by atoms with van der Waals surface area (Å²) in [5.41, 5.74) is 0.992. The van der Waals surface area contributed by atoms with Crippen LogP contribution < -0.4 is 5.32 Å². The van der Waals surface area contributed by atoms with E-state index in [1.54, 1.807) is 0 Å². The van der Waals surface area contributed by atoms with Gasteiger partial charge in [-0.25, -0.2) is 0 Å². The van der Waals surface area contributed by atoms with E-state index >= 15 is 0 Å². The van der Waals surface area contributed by atoms with Gasteiger partial charge in [-0.3, -0.25) is 0 Å². The predicted octanol–water partition coefficient (Wildman–Crippen LogP) is 3.28. The van der Waals surface area contributed by atoms with Crippen LogP contribution in [0.3, 0.4) is 0 Å². The van der Waals surface area contributed by atoms with Crippen molar-refractivity contribution < 1.29 is 5.11 Å². The Morgan fingerprint density at radius 1 is 1.06 bits per heavy atom. The molecule has 0 fully saturated rings. The van der Waals surface area contributed by atoms with E-state index in [1.165, 1.54) is 25.7 Å². The van der Waals surface area contributed by atoms with Crippen molar-refractivity contribution in [3.63, 3.8) is 0 Å². The highest BCUT2D eigenvalue weighted by molar-refractivity contribution is 5.17. The van der Waals surface area contributed by atoms with E-state index < -0.39 is 6.10 Å². The van der Waals surface area contributed by atoms with Crippen molar-refractivity contribution in [3.8, 4) is 0 Å². The first kappa shape index (κ1) is 14.2. The molecular weight excluding hydrogens is 210 g/mol. The Balaban J connectivity index is 2.38. The van der Waals surface area contributed by atoms with E-state index in [0.717, 1.165) is 5.56 Å². The zero-order valence-electron chi connectivity index (χ0n) is 11.0. The third-order valence-corrected chi connectivity index (χ3v) is 3.06. The van der Waals surface area contributed by atoms with E-state index in [9.17, 15) is 5.11 Å². The first-order valence-corrected chi connectivity index (χ1v) is 6.74. The van der Waals surface area contributed by atoms with Gasteiger partial charge in [0, 0.05) is 12.6 Å². The van der Waals surface area contributed by atoms with Gasteiger partial charge in [-0.1, -0.05) is 57.0 Å². The van der Waals surface area contributed by atoms with E-state index in [0.29, 0.717) is 12.6 Å². The van der Waals surface area contributed by atoms with Gasteiger partial charge in [-0.05, 0) is 18.4 Å². The summed E-state index contributed by atoms with van der Waals surface area (Å²) in [7, 11) is 0. The quantitative estimate of drug-likeness (QED) is 0.724. The third kappa shape index (κ3) is 5.33. The summed E-state index contributed by atoms with van der Waals surface area (Å²) in [5.74, 6) is 0. The first-order chi connectivity index (χ1) is 8.27. The van der Waals surface area contributed by atoms with Gasteiger partial charge < -0.3 is 10.4 Å². The molecule has 0 heterocycles. The van der Waals surface area contributed by atoms with Crippen LogP contribution in [0, 0.1) is 0 Å². The maximum Gasteiger partial charge on any atom is 0.0914 e. The Morgan fingerprint density at radius 3 is 2.18 bits per heavy atom. The zero-order chi connectivity index (χ0) is 12.5. The fraction of sp³-hybridized carbons (Fsp3) is 0.600. The smallest absolute Gasteiger partial charge is 0.0914 e. The highest BCUT2D eigenvalue weighted by Crippen LogP contribution is 2.12. The van der Waals surface area contributed by atoms with E-state index in [1.807, 2.05) is 30.3 Å². The molecule has 2 N–H and O–H groups in total. The Labute approximate surface area is 105 Å². The van der Waals surface area contributed by atoms with Crippen LogP contribution in [0.1, 0.15) is 51.2 Å². The zero-order valence-corrected chi connectivity index (χ0v) is 11.0. The molecule has 1 aromatic carbocycles. The molecule has 0 aliphatic rings. The molecule has 1 aromatic rings. The van der Waals surface area contributed by atoms with Crippen molar-refractivity contribution in [2.45, 2.75) is 51.7 Å². The lowest BCUT2D eigenvalue weighted by atomic mass is 10.1. The summed E-state index contributed by atoms with van der Waals surface area (Å²) in [6.45, 7) is 5.06. The number of benzene rings is 1. The van der Waals surface area contributed by atoms with E-state index in [-0.39, 0.29) is 0 Å². The SMILES string of the molecule is CCCC(CCC)NCC(O)c1ccccc1. The van der Waals surface area contributed by atoms with Gasteiger partial charge in [0.15, 0.2) is 0 Å². The summed E-state index contributed by atoms with van der Waals surface area (Å²) in [5, 5.41) is 13.5. The summed E-state index contributed by atoms with van der Waals surface area (Å²) < 4.78 is 0. The second kappa shape index (κ2) is 8.26. The minimum Gasteiger partial charge on any atom is -0.387 e. The minimum atomic E-state index is -0.396. The van der Waals surface area contributed by atoms with E-state index in [2.05, 4.69) is 19.2 Å². The van der Waals surface area contributed by atoms with Gasteiger partial charge in [0.25, 0.3) is 0 Å². The number of hydrogen-bond donors (Lipinski definition) is 2. The normalized spacial score (nSPS) is 12.9. The van der Waals surface area contributed by atoms with Crippen molar-refractivity contribution in [1.29, 1.82) is 0 Å². The molecule has 0 radical (unpaired) electrons. The van der Waals surface area contributed by atoms with Gasteiger partial charge in [0.2, 0.25) is 0 Å². The Morgan fingerprint density at radius 2 is 1.65 bits per heavy atom. The molecule has 0 saturated heterocycles. The molecule has 0 saturated carbocycles. The molecule has 2 heteroatoms. The summed E-state index contributed by atoms with van der Waals surface area (Å²) in [6.07, 6.45) is 4.37. The van der Waals surface area contributed by atoms with Crippen LogP contribution in [0.25, 0.3) is 0 Å². The van der Waals surface area contributed by atoms with Crippen molar-refractivity contribution >= 4 is 0 Å². The van der Waals surface area contributed by atoms with Crippen LogP contribution in [0.4, 0.5) is 0 Å². The van der Waals surface area contributed by atoms with Gasteiger partial charge >= 0.3 is 0 Å². The van der Waals surface area contributed by atoms with Crippen molar-refractivity contribution in [2.24, 2.45) is 0 Å². The van der Waals surface area contributed by atoms with Crippen LogP contribution in [0.5, 0.6) is 0 Å². The third-order valence-electron chi connectivity index (χ3n) is 3.06. The number of hydrogen-bond acceptors (Lipinski definition) is 2. The minimum absolute atomic E-state index is 0.396. The molecule has 1 unspecified atom stereocenters. The maximum absolute atomic E-state index is 10.0. The highest BCUT2D eigenvalue weighted by Gasteiger charge is 2.10. The lowest BCUT2D eigenvalue weighted by Gasteiger charge is -2.20. The topological polar surface area (TPSA) is 32.3 Å². The van der Waals surface area contributed by atoms with Crippen molar-refractivity contribution in [1.82, 2.24) is 5.32 Å². The monoisotopic (exact) mass is 235 g/mol. The lowest BCUT2D eigenvalue weighted by molar-refractivity contribution is 0.168. The number of nitrogens with one attached hydrogen (secondary N) is 1. The second-order valence-corrected chi connectivity index (χ2v) is 4.61. The molecular formula is C15H25NO. The average Bonchev–Trinajstić information content (AvgIpc) is 2.37. The fourth-order valence-electron chi connectivity index (χ4n) is 2.12. The summed E-state index contributed by atoms with van der Waals surface area (Å²) >= 11 is 0. The molecule has 0 bridgehead atoms. The molecule has 0 spiro atoms. The first-order valence-electron chi connectivity index (χ1n) is 6.74. The van der Waals surface area contributed by atoms with Gasteiger partial charge in [0.05, 0.1) is 6.10 Å². The molecule has 2 nitrogen and oxygen atoms in total. The number of aliphatic hydroxyl groups excluding tert-OH is 1. The molecule has 96 valence electrons. The molecule has 0 aromatic heterocycles. The largest absolute Gasteiger partial charge is 0.387 e. The lowest BCUT2D eigenvalue weighted by Crippen LogP contribution is -2.32. The van der Waals surface area contributed by atoms with Crippen LogP contribution in [-0.2, 0) is 0 Å².